The lowest BCUT2D eigenvalue weighted by Crippen LogP contribution is -2.37. The van der Waals surface area contributed by atoms with Gasteiger partial charge in [0.15, 0.2) is 0 Å². The van der Waals surface area contributed by atoms with Crippen LogP contribution in [0.25, 0.3) is 10.8 Å². The third kappa shape index (κ3) is 3.23. The minimum atomic E-state index is -0.692. The zero-order chi connectivity index (χ0) is 14.9. The Hall–Kier alpha value is -1.30. The fourth-order valence-electron chi connectivity index (χ4n) is 2.20. The monoisotopic (exact) mass is 293 g/mol. The zero-order valence-electron chi connectivity index (χ0n) is 11.7. The van der Waals surface area contributed by atoms with Crippen molar-refractivity contribution in [3.8, 4) is 0 Å². The highest BCUT2D eigenvalue weighted by Crippen LogP contribution is 2.25. The standard InChI is InChI=1S/C14H17BClNO3/c1-8(2)13(17-15(3)19)12-7-9-6-10(16)4-5-11(9)14(18)20-12/h4-8,13,17,19H,1-3H3/t13-/m1/s1. The summed E-state index contributed by atoms with van der Waals surface area (Å²) in [5.41, 5.74) is -0.396. The molecule has 0 spiro atoms. The van der Waals surface area contributed by atoms with Crippen molar-refractivity contribution in [2.45, 2.75) is 26.7 Å². The Morgan fingerprint density at radius 2 is 2.05 bits per heavy atom. The molecule has 0 unspecified atom stereocenters. The quantitative estimate of drug-likeness (QED) is 0.851. The van der Waals surface area contributed by atoms with Crippen molar-refractivity contribution in [1.29, 1.82) is 0 Å². The van der Waals surface area contributed by atoms with Crippen molar-refractivity contribution in [2.24, 2.45) is 5.92 Å². The first-order valence-electron chi connectivity index (χ1n) is 6.56. The molecule has 4 nitrogen and oxygen atoms in total. The highest BCUT2D eigenvalue weighted by molar-refractivity contribution is 6.45. The van der Waals surface area contributed by atoms with E-state index in [-0.39, 0.29) is 12.0 Å². The van der Waals surface area contributed by atoms with E-state index in [1.54, 1.807) is 31.1 Å². The summed E-state index contributed by atoms with van der Waals surface area (Å²) in [5, 5.41) is 14.3. The van der Waals surface area contributed by atoms with Crippen LogP contribution in [0.5, 0.6) is 0 Å². The van der Waals surface area contributed by atoms with Crippen molar-refractivity contribution >= 4 is 29.4 Å². The molecule has 2 N–H and O–H groups in total. The molecule has 20 heavy (non-hydrogen) atoms. The van der Waals surface area contributed by atoms with Gasteiger partial charge in [-0.3, -0.25) is 0 Å². The van der Waals surface area contributed by atoms with Crippen LogP contribution in [0.15, 0.2) is 33.5 Å². The SMILES string of the molecule is CB(O)N[C@@H](c1cc2cc(Cl)ccc2c(=O)o1)C(C)C. The van der Waals surface area contributed by atoms with E-state index < -0.39 is 12.7 Å². The number of hydrogen-bond donors (Lipinski definition) is 2. The van der Waals surface area contributed by atoms with Crippen LogP contribution in [-0.4, -0.2) is 12.1 Å². The van der Waals surface area contributed by atoms with Gasteiger partial charge < -0.3 is 14.7 Å². The first-order valence-corrected chi connectivity index (χ1v) is 6.93. The molecule has 1 aromatic carbocycles. The van der Waals surface area contributed by atoms with Crippen LogP contribution in [0.4, 0.5) is 0 Å². The van der Waals surface area contributed by atoms with Gasteiger partial charge in [-0.1, -0.05) is 25.4 Å². The van der Waals surface area contributed by atoms with Crippen LogP contribution >= 0.6 is 11.6 Å². The summed E-state index contributed by atoms with van der Waals surface area (Å²) in [6.45, 7) is 5.61. The maximum atomic E-state index is 12.0. The molecule has 1 heterocycles. The molecule has 0 aliphatic carbocycles. The molecule has 0 aliphatic heterocycles. The Balaban J connectivity index is 2.55. The summed E-state index contributed by atoms with van der Waals surface area (Å²) in [6, 6.07) is 6.60. The molecule has 6 heteroatoms. The van der Waals surface area contributed by atoms with Gasteiger partial charge in [0.2, 0.25) is 0 Å². The number of benzene rings is 1. The Morgan fingerprint density at radius 3 is 2.65 bits per heavy atom. The second-order valence-electron chi connectivity index (χ2n) is 5.23. The van der Waals surface area contributed by atoms with Gasteiger partial charge in [-0.25, -0.2) is 4.79 Å². The van der Waals surface area contributed by atoms with E-state index in [0.29, 0.717) is 16.2 Å². The molecule has 0 amide bonds. The van der Waals surface area contributed by atoms with E-state index >= 15 is 0 Å². The lowest BCUT2D eigenvalue weighted by Gasteiger charge is -2.22. The van der Waals surface area contributed by atoms with Gasteiger partial charge in [0.25, 0.3) is 0 Å². The Kier molecular flexibility index (Phi) is 4.53. The van der Waals surface area contributed by atoms with Crippen LogP contribution in [0.3, 0.4) is 0 Å². The van der Waals surface area contributed by atoms with Crippen LogP contribution < -0.4 is 10.9 Å². The van der Waals surface area contributed by atoms with Gasteiger partial charge in [-0.05, 0) is 42.4 Å². The van der Waals surface area contributed by atoms with Gasteiger partial charge in [-0.15, -0.1) is 0 Å². The molecule has 0 radical (unpaired) electrons. The van der Waals surface area contributed by atoms with Gasteiger partial charge in [0, 0.05) is 5.02 Å². The second-order valence-corrected chi connectivity index (χ2v) is 5.67. The fraction of sp³-hybridized carbons (Fsp3) is 0.357. The normalized spacial score (nSPS) is 12.9. The average molecular weight is 294 g/mol. The molecule has 1 atom stereocenters. The smallest absolute Gasteiger partial charge is 0.374 e. The molecule has 0 fully saturated rings. The summed E-state index contributed by atoms with van der Waals surface area (Å²) in [7, 11) is -0.692. The Morgan fingerprint density at radius 1 is 1.35 bits per heavy atom. The number of rotatable bonds is 4. The zero-order valence-corrected chi connectivity index (χ0v) is 12.4. The van der Waals surface area contributed by atoms with Crippen molar-refractivity contribution in [1.82, 2.24) is 5.23 Å². The molecule has 106 valence electrons. The molecule has 0 saturated heterocycles. The summed E-state index contributed by atoms with van der Waals surface area (Å²) >= 11 is 5.96. The summed E-state index contributed by atoms with van der Waals surface area (Å²) in [4.78, 5) is 12.0. The minimum absolute atomic E-state index is 0.157. The van der Waals surface area contributed by atoms with Crippen molar-refractivity contribution < 1.29 is 9.44 Å². The van der Waals surface area contributed by atoms with Gasteiger partial charge in [0.1, 0.15) is 5.76 Å². The molecule has 2 aromatic rings. The molecule has 0 aliphatic rings. The average Bonchev–Trinajstić information content (AvgIpc) is 2.34. The number of fused-ring (bicyclic) bond motifs is 1. The predicted molar refractivity (Wildman–Crippen MR) is 82.0 cm³/mol. The van der Waals surface area contributed by atoms with Crippen LogP contribution in [0.2, 0.25) is 11.8 Å². The second kappa shape index (κ2) is 6.00. The van der Waals surface area contributed by atoms with Crippen LogP contribution in [0.1, 0.15) is 25.6 Å². The maximum Gasteiger partial charge on any atom is 0.374 e. The minimum Gasteiger partial charge on any atom is -0.437 e. The molecule has 0 bridgehead atoms. The number of halogens is 1. The molecular weight excluding hydrogens is 276 g/mol. The largest absolute Gasteiger partial charge is 0.437 e. The molecular formula is C14H17BClNO3. The van der Waals surface area contributed by atoms with Gasteiger partial charge >= 0.3 is 12.7 Å². The number of nitrogens with one attached hydrogen (secondary N) is 1. The third-order valence-electron chi connectivity index (χ3n) is 3.14. The highest BCUT2D eigenvalue weighted by atomic mass is 35.5. The summed E-state index contributed by atoms with van der Waals surface area (Å²) < 4.78 is 5.38. The summed E-state index contributed by atoms with van der Waals surface area (Å²) in [5.74, 6) is 0.657. The van der Waals surface area contributed by atoms with E-state index in [0.717, 1.165) is 5.39 Å². The van der Waals surface area contributed by atoms with Crippen molar-refractivity contribution in [3.63, 3.8) is 0 Å². The topological polar surface area (TPSA) is 62.5 Å². The lowest BCUT2D eigenvalue weighted by molar-refractivity contribution is 0.350. The van der Waals surface area contributed by atoms with E-state index in [1.165, 1.54) is 0 Å². The molecule has 1 aromatic heterocycles. The van der Waals surface area contributed by atoms with E-state index in [4.69, 9.17) is 16.0 Å². The fourth-order valence-corrected chi connectivity index (χ4v) is 2.38. The van der Waals surface area contributed by atoms with E-state index in [1.807, 2.05) is 13.8 Å². The Labute approximate surface area is 122 Å². The first kappa shape index (κ1) is 15.1. The predicted octanol–water partition coefficient (Wildman–Crippen LogP) is 2.84. The maximum absolute atomic E-state index is 12.0. The third-order valence-corrected chi connectivity index (χ3v) is 3.37. The van der Waals surface area contributed by atoms with Gasteiger partial charge in [0.05, 0.1) is 11.4 Å². The Bertz CT molecular complexity index is 669. The molecule has 0 saturated carbocycles. The van der Waals surface area contributed by atoms with Crippen molar-refractivity contribution in [3.05, 3.63) is 45.5 Å². The highest BCUT2D eigenvalue weighted by Gasteiger charge is 2.22. The van der Waals surface area contributed by atoms with Crippen LogP contribution in [0, 0.1) is 5.92 Å². The first-order chi connectivity index (χ1) is 9.38. The molecule has 2 rings (SSSR count). The van der Waals surface area contributed by atoms with E-state index in [2.05, 4.69) is 5.23 Å². The van der Waals surface area contributed by atoms with Crippen molar-refractivity contribution in [2.75, 3.05) is 0 Å². The van der Waals surface area contributed by atoms with Crippen LogP contribution in [-0.2, 0) is 0 Å². The summed E-state index contributed by atoms with van der Waals surface area (Å²) in [6.07, 6.45) is 0. The lowest BCUT2D eigenvalue weighted by atomic mass is 9.84. The van der Waals surface area contributed by atoms with Gasteiger partial charge in [-0.2, -0.15) is 0 Å². The van der Waals surface area contributed by atoms with E-state index in [9.17, 15) is 9.82 Å². The number of hydrogen-bond acceptors (Lipinski definition) is 4.